The number of carbonyl (C=O) groups is 2. The Morgan fingerprint density at radius 3 is 2.81 bits per heavy atom. The molecule has 16 heavy (non-hydrogen) atoms. The Morgan fingerprint density at radius 1 is 1.50 bits per heavy atom. The van der Waals surface area contributed by atoms with Gasteiger partial charge in [-0.2, -0.15) is 0 Å². The summed E-state index contributed by atoms with van der Waals surface area (Å²) in [4.78, 5) is 25.6. The molecular formula is C10H13N3O3. The second-order valence-electron chi connectivity index (χ2n) is 3.25. The van der Waals surface area contributed by atoms with E-state index in [1.807, 2.05) is 0 Å². The predicted octanol–water partition coefficient (Wildman–Crippen LogP) is -0.500. The van der Waals surface area contributed by atoms with Gasteiger partial charge in [-0.1, -0.05) is 6.07 Å². The van der Waals surface area contributed by atoms with Crippen molar-refractivity contribution < 1.29 is 14.7 Å². The van der Waals surface area contributed by atoms with E-state index < -0.39 is 17.9 Å². The number of pyridine rings is 1. The zero-order valence-electron chi connectivity index (χ0n) is 8.59. The van der Waals surface area contributed by atoms with Crippen LogP contribution in [0.1, 0.15) is 12.1 Å². The van der Waals surface area contributed by atoms with Crippen molar-refractivity contribution in [1.29, 1.82) is 0 Å². The molecule has 6 heteroatoms. The van der Waals surface area contributed by atoms with E-state index >= 15 is 0 Å². The highest BCUT2D eigenvalue weighted by Gasteiger charge is 2.15. The number of carboxylic acid groups (broad SMARTS) is 1. The number of nitrogens with one attached hydrogen (secondary N) is 1. The highest BCUT2D eigenvalue weighted by Crippen LogP contribution is 1.94. The summed E-state index contributed by atoms with van der Waals surface area (Å²) in [6.07, 6.45) is 1.38. The van der Waals surface area contributed by atoms with Crippen LogP contribution in [-0.4, -0.2) is 28.0 Å². The van der Waals surface area contributed by atoms with Gasteiger partial charge in [0, 0.05) is 6.20 Å². The van der Waals surface area contributed by atoms with Crippen LogP contribution in [0.2, 0.25) is 0 Å². The number of aromatic nitrogens is 1. The quantitative estimate of drug-likeness (QED) is 0.624. The summed E-state index contributed by atoms with van der Waals surface area (Å²) in [5.41, 5.74) is 5.92. The lowest BCUT2D eigenvalue weighted by atomic mass is 10.2. The number of hydrogen-bond acceptors (Lipinski definition) is 4. The number of amides is 1. The highest BCUT2D eigenvalue weighted by molar-refractivity contribution is 5.84. The Balaban J connectivity index is 2.33. The van der Waals surface area contributed by atoms with Crippen LogP contribution in [0.3, 0.4) is 0 Å². The Labute approximate surface area is 92.5 Å². The maximum atomic E-state index is 11.2. The number of aliphatic carboxylic acids is 1. The molecule has 0 radical (unpaired) electrons. The summed E-state index contributed by atoms with van der Waals surface area (Å²) in [5, 5.41) is 11.0. The average Bonchev–Trinajstić information content (AvgIpc) is 2.27. The molecule has 0 aliphatic heterocycles. The minimum absolute atomic E-state index is 0.234. The number of carbonyl (C=O) groups excluding carboxylic acids is 1. The molecule has 0 saturated heterocycles. The van der Waals surface area contributed by atoms with Gasteiger partial charge in [0.05, 0.1) is 18.7 Å². The van der Waals surface area contributed by atoms with Gasteiger partial charge in [0.25, 0.3) is 0 Å². The monoisotopic (exact) mass is 223 g/mol. The Hall–Kier alpha value is -1.95. The first-order valence-electron chi connectivity index (χ1n) is 4.74. The summed E-state index contributed by atoms with van der Waals surface area (Å²) >= 11 is 0. The van der Waals surface area contributed by atoms with Gasteiger partial charge in [0.15, 0.2) is 0 Å². The summed E-state index contributed by atoms with van der Waals surface area (Å²) in [6, 6.07) is 4.17. The van der Waals surface area contributed by atoms with Crippen LogP contribution >= 0.6 is 0 Å². The van der Waals surface area contributed by atoms with Gasteiger partial charge >= 0.3 is 5.97 Å². The molecule has 0 spiro atoms. The molecule has 1 rings (SSSR count). The fourth-order valence-corrected chi connectivity index (χ4v) is 1.05. The smallest absolute Gasteiger partial charge is 0.321 e. The van der Waals surface area contributed by atoms with Gasteiger partial charge in [0.2, 0.25) is 5.91 Å². The van der Waals surface area contributed by atoms with E-state index in [0.29, 0.717) is 5.69 Å². The van der Waals surface area contributed by atoms with E-state index in [-0.39, 0.29) is 13.0 Å². The molecule has 0 aromatic carbocycles. The van der Waals surface area contributed by atoms with Crippen molar-refractivity contribution in [1.82, 2.24) is 10.3 Å². The van der Waals surface area contributed by atoms with Crippen LogP contribution in [0.5, 0.6) is 0 Å². The van der Waals surface area contributed by atoms with Crippen molar-refractivity contribution in [2.75, 3.05) is 0 Å². The Kier molecular flexibility index (Phi) is 4.41. The first-order valence-corrected chi connectivity index (χ1v) is 4.74. The summed E-state index contributed by atoms with van der Waals surface area (Å²) in [6.45, 7) is 0.270. The lowest BCUT2D eigenvalue weighted by Gasteiger charge is -2.07. The molecule has 0 saturated carbocycles. The van der Waals surface area contributed by atoms with Crippen molar-refractivity contribution in [3.8, 4) is 0 Å². The number of hydrogen-bond donors (Lipinski definition) is 3. The predicted molar refractivity (Wildman–Crippen MR) is 56.3 cm³/mol. The van der Waals surface area contributed by atoms with E-state index in [4.69, 9.17) is 10.8 Å². The highest BCUT2D eigenvalue weighted by atomic mass is 16.4. The van der Waals surface area contributed by atoms with Crippen LogP contribution in [-0.2, 0) is 16.1 Å². The van der Waals surface area contributed by atoms with Crippen molar-refractivity contribution in [3.05, 3.63) is 30.1 Å². The maximum absolute atomic E-state index is 11.2. The number of rotatable bonds is 5. The normalized spacial score (nSPS) is 11.8. The number of carboxylic acids is 1. The molecule has 86 valence electrons. The fourth-order valence-electron chi connectivity index (χ4n) is 1.05. The average molecular weight is 223 g/mol. The lowest BCUT2D eigenvalue weighted by molar-refractivity contribution is -0.140. The van der Waals surface area contributed by atoms with Gasteiger partial charge in [-0.15, -0.1) is 0 Å². The van der Waals surface area contributed by atoms with E-state index in [9.17, 15) is 9.59 Å². The first kappa shape index (κ1) is 12.1. The summed E-state index contributed by atoms with van der Waals surface area (Å²) in [7, 11) is 0. The van der Waals surface area contributed by atoms with Gasteiger partial charge in [-0.3, -0.25) is 14.6 Å². The SMILES string of the molecule is NC(CC(=O)NCc1ccccn1)C(=O)O. The lowest BCUT2D eigenvalue weighted by Crippen LogP contribution is -2.36. The van der Waals surface area contributed by atoms with E-state index in [1.54, 1.807) is 24.4 Å². The van der Waals surface area contributed by atoms with Gasteiger partial charge in [-0.25, -0.2) is 0 Å². The van der Waals surface area contributed by atoms with E-state index in [0.717, 1.165) is 0 Å². The Bertz CT molecular complexity index is 367. The molecule has 1 amide bonds. The fraction of sp³-hybridized carbons (Fsp3) is 0.300. The second-order valence-corrected chi connectivity index (χ2v) is 3.25. The van der Waals surface area contributed by atoms with Gasteiger partial charge in [0.1, 0.15) is 6.04 Å². The molecule has 1 unspecified atom stereocenters. The standard InChI is InChI=1S/C10H13N3O3/c11-8(10(15)16)5-9(14)13-6-7-3-1-2-4-12-7/h1-4,8H,5-6,11H2,(H,13,14)(H,15,16). The topological polar surface area (TPSA) is 105 Å². The van der Waals surface area contributed by atoms with E-state index in [2.05, 4.69) is 10.3 Å². The zero-order valence-corrected chi connectivity index (χ0v) is 8.59. The molecule has 6 nitrogen and oxygen atoms in total. The molecule has 1 aromatic rings. The van der Waals surface area contributed by atoms with Crippen LogP contribution < -0.4 is 11.1 Å². The second kappa shape index (κ2) is 5.82. The number of nitrogens with zero attached hydrogens (tertiary/aromatic N) is 1. The maximum Gasteiger partial charge on any atom is 0.321 e. The molecule has 1 heterocycles. The molecule has 0 bridgehead atoms. The Morgan fingerprint density at radius 2 is 2.25 bits per heavy atom. The minimum atomic E-state index is -1.19. The molecule has 1 aromatic heterocycles. The van der Waals surface area contributed by atoms with Crippen molar-refractivity contribution in [3.63, 3.8) is 0 Å². The van der Waals surface area contributed by atoms with Crippen LogP contribution in [0.4, 0.5) is 0 Å². The molecule has 0 aliphatic rings. The first-order chi connectivity index (χ1) is 7.59. The van der Waals surface area contributed by atoms with Crippen LogP contribution in [0, 0.1) is 0 Å². The van der Waals surface area contributed by atoms with Crippen molar-refractivity contribution in [2.45, 2.75) is 19.0 Å². The van der Waals surface area contributed by atoms with Gasteiger partial charge in [-0.05, 0) is 12.1 Å². The minimum Gasteiger partial charge on any atom is -0.480 e. The third-order valence-corrected chi connectivity index (χ3v) is 1.92. The van der Waals surface area contributed by atoms with Crippen LogP contribution in [0.15, 0.2) is 24.4 Å². The molecule has 0 aliphatic carbocycles. The summed E-state index contributed by atoms with van der Waals surface area (Å²) < 4.78 is 0. The van der Waals surface area contributed by atoms with Crippen LogP contribution in [0.25, 0.3) is 0 Å². The third kappa shape index (κ3) is 4.05. The third-order valence-electron chi connectivity index (χ3n) is 1.92. The zero-order chi connectivity index (χ0) is 12.0. The number of nitrogens with two attached hydrogens (primary N) is 1. The molecule has 1 atom stereocenters. The summed E-state index contributed by atoms with van der Waals surface area (Å²) in [5.74, 6) is -1.59. The molecule has 4 N–H and O–H groups in total. The molecule has 0 fully saturated rings. The van der Waals surface area contributed by atoms with Crippen molar-refractivity contribution >= 4 is 11.9 Å². The molecular weight excluding hydrogens is 210 g/mol. The van der Waals surface area contributed by atoms with Crippen molar-refractivity contribution in [2.24, 2.45) is 5.73 Å². The van der Waals surface area contributed by atoms with E-state index in [1.165, 1.54) is 0 Å². The largest absolute Gasteiger partial charge is 0.480 e. The van der Waals surface area contributed by atoms with Gasteiger partial charge < -0.3 is 16.2 Å².